The van der Waals surface area contributed by atoms with E-state index in [1.807, 2.05) is 30.3 Å². The van der Waals surface area contributed by atoms with Gasteiger partial charge in [0, 0.05) is 5.92 Å². The van der Waals surface area contributed by atoms with Crippen LogP contribution in [0.1, 0.15) is 49.4 Å². The zero-order chi connectivity index (χ0) is 14.7. The van der Waals surface area contributed by atoms with Gasteiger partial charge in [0.1, 0.15) is 5.88 Å². The summed E-state index contributed by atoms with van der Waals surface area (Å²) in [5.74, 6) is 0.855. The molecular formula is C16H19ClN2O2. The fourth-order valence-corrected chi connectivity index (χ4v) is 3.32. The molecule has 1 heterocycles. The minimum Gasteiger partial charge on any atom is -0.420 e. The summed E-state index contributed by atoms with van der Waals surface area (Å²) >= 11 is 5.74. The van der Waals surface area contributed by atoms with Gasteiger partial charge < -0.3 is 9.52 Å². The quantitative estimate of drug-likeness (QED) is 0.876. The van der Waals surface area contributed by atoms with Gasteiger partial charge in [0.05, 0.1) is 0 Å². The van der Waals surface area contributed by atoms with Crippen LogP contribution in [0.3, 0.4) is 0 Å². The summed E-state index contributed by atoms with van der Waals surface area (Å²) < 4.78 is 5.60. The molecule has 1 aliphatic carbocycles. The molecule has 0 aliphatic heterocycles. The lowest BCUT2D eigenvalue weighted by atomic mass is 9.73. The van der Waals surface area contributed by atoms with Crippen LogP contribution >= 0.6 is 11.6 Å². The lowest BCUT2D eigenvalue weighted by molar-refractivity contribution is -0.0238. The average molecular weight is 307 g/mol. The Morgan fingerprint density at radius 3 is 2.48 bits per heavy atom. The minimum atomic E-state index is -1.22. The molecule has 1 fully saturated rings. The van der Waals surface area contributed by atoms with Gasteiger partial charge in [-0.05, 0) is 18.4 Å². The molecule has 21 heavy (non-hydrogen) atoms. The Hall–Kier alpha value is -1.39. The molecule has 1 aliphatic rings. The van der Waals surface area contributed by atoms with Crippen LogP contribution < -0.4 is 0 Å². The monoisotopic (exact) mass is 306 g/mol. The van der Waals surface area contributed by atoms with Crippen LogP contribution in [0.5, 0.6) is 0 Å². The van der Waals surface area contributed by atoms with Crippen molar-refractivity contribution in [3.63, 3.8) is 0 Å². The number of aliphatic hydroxyl groups is 1. The molecule has 0 saturated heterocycles. The number of alkyl halides is 1. The number of halogens is 1. The standard InChI is InChI=1S/C16H19ClN2O2/c17-11-14-18-19-15(21-14)16(20,12-7-3-1-4-8-12)13-9-5-2-6-10-13/h1,3-4,7-8,13,20H,2,5-6,9-11H2/t16-/m1/s1. The third-order valence-electron chi connectivity index (χ3n) is 4.32. The van der Waals surface area contributed by atoms with Gasteiger partial charge in [0.2, 0.25) is 5.89 Å². The van der Waals surface area contributed by atoms with Crippen LogP contribution in [0, 0.1) is 5.92 Å². The summed E-state index contributed by atoms with van der Waals surface area (Å²) in [7, 11) is 0. The Morgan fingerprint density at radius 1 is 1.14 bits per heavy atom. The van der Waals surface area contributed by atoms with Gasteiger partial charge >= 0.3 is 0 Å². The van der Waals surface area contributed by atoms with Crippen LogP contribution in [-0.4, -0.2) is 15.3 Å². The molecule has 4 nitrogen and oxygen atoms in total. The van der Waals surface area contributed by atoms with Crippen molar-refractivity contribution in [2.75, 3.05) is 0 Å². The molecule has 5 heteroatoms. The maximum Gasteiger partial charge on any atom is 0.252 e. The maximum absolute atomic E-state index is 11.4. The van der Waals surface area contributed by atoms with E-state index < -0.39 is 5.60 Å². The van der Waals surface area contributed by atoms with Crippen LogP contribution in [-0.2, 0) is 11.5 Å². The molecule has 0 amide bonds. The third kappa shape index (κ3) is 2.70. The summed E-state index contributed by atoms with van der Waals surface area (Å²) in [4.78, 5) is 0. The van der Waals surface area contributed by atoms with E-state index in [-0.39, 0.29) is 17.7 Å². The highest BCUT2D eigenvalue weighted by Gasteiger charge is 2.45. The van der Waals surface area contributed by atoms with Crippen LogP contribution in [0.25, 0.3) is 0 Å². The molecular weight excluding hydrogens is 288 g/mol. The second kappa shape index (κ2) is 6.16. The summed E-state index contributed by atoms with van der Waals surface area (Å²) in [5, 5.41) is 19.4. The second-order valence-electron chi connectivity index (χ2n) is 5.60. The van der Waals surface area contributed by atoms with E-state index in [4.69, 9.17) is 16.0 Å². The lowest BCUT2D eigenvalue weighted by Crippen LogP contribution is -2.38. The Balaban J connectivity index is 2.05. The second-order valence-corrected chi connectivity index (χ2v) is 5.87. The van der Waals surface area contributed by atoms with Gasteiger partial charge in [-0.25, -0.2) is 0 Å². The van der Waals surface area contributed by atoms with Crippen molar-refractivity contribution in [1.29, 1.82) is 0 Å². The number of rotatable bonds is 4. The van der Waals surface area contributed by atoms with Crippen molar-refractivity contribution in [3.8, 4) is 0 Å². The van der Waals surface area contributed by atoms with Crippen molar-refractivity contribution in [1.82, 2.24) is 10.2 Å². The fraction of sp³-hybridized carbons (Fsp3) is 0.500. The molecule has 1 aromatic carbocycles. The van der Waals surface area contributed by atoms with E-state index in [9.17, 15) is 5.11 Å². The predicted molar refractivity (Wildman–Crippen MR) is 79.9 cm³/mol. The first-order valence-electron chi connectivity index (χ1n) is 7.42. The van der Waals surface area contributed by atoms with Gasteiger partial charge in [-0.1, -0.05) is 49.6 Å². The zero-order valence-electron chi connectivity index (χ0n) is 11.8. The van der Waals surface area contributed by atoms with Gasteiger partial charge in [0.15, 0.2) is 5.60 Å². The van der Waals surface area contributed by atoms with Gasteiger partial charge in [0.25, 0.3) is 5.89 Å². The van der Waals surface area contributed by atoms with Crippen molar-refractivity contribution >= 4 is 11.6 Å². The topological polar surface area (TPSA) is 59.2 Å². The van der Waals surface area contributed by atoms with Crippen LogP contribution in [0.15, 0.2) is 34.7 Å². The molecule has 1 atom stereocenters. The van der Waals surface area contributed by atoms with Crippen molar-refractivity contribution in [2.45, 2.75) is 43.6 Å². The summed E-state index contributed by atoms with van der Waals surface area (Å²) in [6.45, 7) is 0. The molecule has 0 unspecified atom stereocenters. The molecule has 1 aromatic heterocycles. The minimum absolute atomic E-state index is 0.0947. The molecule has 1 N–H and O–H groups in total. The molecule has 0 radical (unpaired) electrons. The molecule has 2 aromatic rings. The van der Waals surface area contributed by atoms with Gasteiger partial charge in [-0.3, -0.25) is 0 Å². The SMILES string of the molecule is O[C@@](c1ccccc1)(c1nnc(CCl)o1)C1CCCCC1. The average Bonchev–Trinajstić information content (AvgIpc) is 3.05. The molecule has 0 spiro atoms. The first-order chi connectivity index (χ1) is 10.2. The predicted octanol–water partition coefficient (Wildman–Crippen LogP) is 3.62. The number of hydrogen-bond donors (Lipinski definition) is 1. The molecule has 1 saturated carbocycles. The van der Waals surface area contributed by atoms with E-state index in [0.717, 1.165) is 31.2 Å². The fourth-order valence-electron chi connectivity index (χ4n) is 3.21. The van der Waals surface area contributed by atoms with Crippen LogP contribution in [0.2, 0.25) is 0 Å². The Morgan fingerprint density at radius 2 is 1.86 bits per heavy atom. The Kier molecular flexibility index (Phi) is 4.27. The first kappa shape index (κ1) is 14.5. The van der Waals surface area contributed by atoms with E-state index >= 15 is 0 Å². The largest absolute Gasteiger partial charge is 0.420 e. The lowest BCUT2D eigenvalue weighted by Gasteiger charge is -2.36. The van der Waals surface area contributed by atoms with Crippen molar-refractivity contribution in [3.05, 3.63) is 47.7 Å². The van der Waals surface area contributed by atoms with E-state index in [1.165, 1.54) is 6.42 Å². The smallest absolute Gasteiger partial charge is 0.252 e. The Bertz CT molecular complexity index is 581. The van der Waals surface area contributed by atoms with Crippen molar-refractivity contribution < 1.29 is 9.52 Å². The number of benzene rings is 1. The number of nitrogens with zero attached hydrogens (tertiary/aromatic N) is 2. The van der Waals surface area contributed by atoms with Crippen LogP contribution in [0.4, 0.5) is 0 Å². The van der Waals surface area contributed by atoms with E-state index in [0.29, 0.717) is 5.89 Å². The highest BCUT2D eigenvalue weighted by molar-refractivity contribution is 6.16. The molecule has 0 bridgehead atoms. The third-order valence-corrected chi connectivity index (χ3v) is 4.55. The Labute approximate surface area is 129 Å². The summed E-state index contributed by atoms with van der Waals surface area (Å²) in [6, 6.07) is 9.60. The molecule has 3 rings (SSSR count). The van der Waals surface area contributed by atoms with E-state index in [2.05, 4.69) is 10.2 Å². The maximum atomic E-state index is 11.4. The van der Waals surface area contributed by atoms with Gasteiger partial charge in [-0.15, -0.1) is 21.8 Å². The number of aromatic nitrogens is 2. The normalized spacial score (nSPS) is 19.3. The summed E-state index contributed by atoms with van der Waals surface area (Å²) in [5.41, 5.74) is -0.416. The van der Waals surface area contributed by atoms with Gasteiger partial charge in [-0.2, -0.15) is 0 Å². The zero-order valence-corrected chi connectivity index (χ0v) is 12.6. The first-order valence-corrected chi connectivity index (χ1v) is 7.95. The highest BCUT2D eigenvalue weighted by Crippen LogP contribution is 2.43. The van der Waals surface area contributed by atoms with Crippen molar-refractivity contribution in [2.24, 2.45) is 5.92 Å². The summed E-state index contributed by atoms with van der Waals surface area (Å²) in [6.07, 6.45) is 5.39. The van der Waals surface area contributed by atoms with E-state index in [1.54, 1.807) is 0 Å². The number of hydrogen-bond acceptors (Lipinski definition) is 4. The highest BCUT2D eigenvalue weighted by atomic mass is 35.5. The molecule has 112 valence electrons.